The fourth-order valence-electron chi connectivity index (χ4n) is 3.44. The molecule has 1 unspecified atom stereocenters. The van der Waals surface area contributed by atoms with Crippen molar-refractivity contribution in [3.63, 3.8) is 0 Å². The van der Waals surface area contributed by atoms with Gasteiger partial charge in [0.2, 0.25) is 0 Å². The molecule has 0 bridgehead atoms. The molecule has 0 aromatic heterocycles. The van der Waals surface area contributed by atoms with Crippen LogP contribution in [0.1, 0.15) is 37.8 Å². The van der Waals surface area contributed by atoms with Crippen molar-refractivity contribution >= 4 is 12.0 Å². The van der Waals surface area contributed by atoms with Gasteiger partial charge in [-0.1, -0.05) is 38.0 Å². The van der Waals surface area contributed by atoms with Gasteiger partial charge in [-0.15, -0.1) is 0 Å². The summed E-state index contributed by atoms with van der Waals surface area (Å²) in [6.45, 7) is 7.45. The molecule has 3 rings (SSSR count). The molecule has 1 aliphatic carbocycles. The van der Waals surface area contributed by atoms with Crippen molar-refractivity contribution in [2.24, 2.45) is 11.8 Å². The Kier molecular flexibility index (Phi) is 5.24. The van der Waals surface area contributed by atoms with Gasteiger partial charge in [-0.25, -0.2) is 0 Å². The zero-order chi connectivity index (χ0) is 17.1. The van der Waals surface area contributed by atoms with Gasteiger partial charge in [0.1, 0.15) is 5.75 Å². The molecule has 1 fully saturated rings. The van der Waals surface area contributed by atoms with Crippen LogP contribution < -0.4 is 4.74 Å². The number of carboxylic acid groups (broad SMARTS) is 1. The lowest BCUT2D eigenvalue weighted by molar-refractivity contribution is -0.147. The molecule has 1 atom stereocenters. The largest absolute Gasteiger partial charge is 0.494 e. The number of fused-ring (bicyclic) bond motifs is 1. The lowest BCUT2D eigenvalue weighted by atomic mass is 9.83. The smallest absolute Gasteiger partial charge is 0.309 e. The van der Waals surface area contributed by atoms with Gasteiger partial charge in [0, 0.05) is 19.6 Å². The zero-order valence-corrected chi connectivity index (χ0v) is 14.6. The van der Waals surface area contributed by atoms with Crippen molar-refractivity contribution in [3.8, 4) is 5.75 Å². The summed E-state index contributed by atoms with van der Waals surface area (Å²) in [6, 6.07) is 6.39. The van der Waals surface area contributed by atoms with Crippen molar-refractivity contribution in [3.05, 3.63) is 34.9 Å². The number of ether oxygens (including phenoxy) is 1. The molecule has 4 nitrogen and oxygen atoms in total. The molecule has 0 saturated carbocycles. The van der Waals surface area contributed by atoms with Crippen molar-refractivity contribution in [1.82, 2.24) is 4.90 Å². The van der Waals surface area contributed by atoms with E-state index in [1.807, 2.05) is 0 Å². The van der Waals surface area contributed by atoms with Crippen LogP contribution in [0.5, 0.6) is 5.75 Å². The molecular formula is C20H27NO3. The highest BCUT2D eigenvalue weighted by atomic mass is 16.5. The monoisotopic (exact) mass is 329 g/mol. The van der Waals surface area contributed by atoms with Crippen molar-refractivity contribution in [2.75, 3.05) is 26.2 Å². The van der Waals surface area contributed by atoms with Crippen molar-refractivity contribution in [1.29, 1.82) is 0 Å². The number of carboxylic acids is 1. The molecule has 0 spiro atoms. The third-order valence-electron chi connectivity index (χ3n) is 5.09. The number of benzene rings is 1. The van der Waals surface area contributed by atoms with Crippen molar-refractivity contribution < 1.29 is 14.6 Å². The number of nitrogens with zero attached hydrogens (tertiary/aromatic N) is 1. The first-order valence-electron chi connectivity index (χ1n) is 8.98. The fourth-order valence-corrected chi connectivity index (χ4v) is 3.44. The molecule has 24 heavy (non-hydrogen) atoms. The van der Waals surface area contributed by atoms with Gasteiger partial charge >= 0.3 is 5.97 Å². The molecule has 1 aromatic rings. The SMILES string of the molecule is CCCCOc1ccc2c(c1)CC(C)C(CN1CC(C(=O)O)C1)=C2. The number of hydrogen-bond donors (Lipinski definition) is 1. The molecule has 1 saturated heterocycles. The van der Waals surface area contributed by atoms with Crippen LogP contribution in [-0.4, -0.2) is 42.2 Å². The topological polar surface area (TPSA) is 49.8 Å². The van der Waals surface area contributed by atoms with Crippen LogP contribution in [0.15, 0.2) is 23.8 Å². The second-order valence-electron chi connectivity index (χ2n) is 7.12. The minimum Gasteiger partial charge on any atom is -0.494 e. The van der Waals surface area contributed by atoms with Crippen LogP contribution in [-0.2, 0) is 11.2 Å². The quantitative estimate of drug-likeness (QED) is 0.778. The highest BCUT2D eigenvalue weighted by Gasteiger charge is 2.33. The van der Waals surface area contributed by atoms with Gasteiger partial charge in [0.05, 0.1) is 12.5 Å². The fraction of sp³-hybridized carbons (Fsp3) is 0.550. The van der Waals surface area contributed by atoms with E-state index >= 15 is 0 Å². The Morgan fingerprint density at radius 3 is 2.88 bits per heavy atom. The summed E-state index contributed by atoms with van der Waals surface area (Å²) in [7, 11) is 0. The molecule has 1 N–H and O–H groups in total. The van der Waals surface area contributed by atoms with Crippen LogP contribution in [0.3, 0.4) is 0 Å². The van der Waals surface area contributed by atoms with E-state index in [1.165, 1.54) is 16.7 Å². The Hall–Kier alpha value is -1.81. The first-order valence-corrected chi connectivity index (χ1v) is 8.98. The number of hydrogen-bond acceptors (Lipinski definition) is 3. The van der Waals surface area contributed by atoms with Gasteiger partial charge < -0.3 is 9.84 Å². The van der Waals surface area contributed by atoms with E-state index in [1.54, 1.807) is 0 Å². The van der Waals surface area contributed by atoms with Crippen molar-refractivity contribution in [2.45, 2.75) is 33.1 Å². The molecule has 0 amide bonds. The van der Waals surface area contributed by atoms with E-state index < -0.39 is 5.97 Å². The van der Waals surface area contributed by atoms with E-state index in [4.69, 9.17) is 9.84 Å². The number of aliphatic carboxylic acids is 1. The second kappa shape index (κ2) is 7.39. The van der Waals surface area contributed by atoms with Gasteiger partial charge in [-0.2, -0.15) is 0 Å². The summed E-state index contributed by atoms with van der Waals surface area (Å²) in [5.41, 5.74) is 4.04. The lowest BCUT2D eigenvalue weighted by Crippen LogP contribution is -2.51. The van der Waals surface area contributed by atoms with Crippen LogP contribution in [0, 0.1) is 11.8 Å². The first-order chi connectivity index (χ1) is 11.6. The summed E-state index contributed by atoms with van der Waals surface area (Å²) in [6.07, 6.45) is 5.55. The summed E-state index contributed by atoms with van der Waals surface area (Å²) in [5, 5.41) is 8.99. The Labute approximate surface area is 144 Å². The molecule has 0 radical (unpaired) electrons. The summed E-state index contributed by atoms with van der Waals surface area (Å²) < 4.78 is 5.82. The predicted molar refractivity (Wildman–Crippen MR) is 95.3 cm³/mol. The third kappa shape index (κ3) is 3.81. The Bertz CT molecular complexity index is 632. The highest BCUT2D eigenvalue weighted by molar-refractivity contribution is 5.71. The number of rotatable bonds is 7. The minimum absolute atomic E-state index is 0.181. The molecule has 130 valence electrons. The second-order valence-corrected chi connectivity index (χ2v) is 7.12. The Balaban J connectivity index is 1.63. The molecule has 2 aliphatic rings. The number of likely N-dealkylation sites (tertiary alicyclic amines) is 1. The van der Waals surface area contributed by atoms with E-state index in [9.17, 15) is 4.79 Å². The van der Waals surface area contributed by atoms with Crippen LogP contribution in [0.25, 0.3) is 6.08 Å². The van der Waals surface area contributed by atoms with E-state index in [0.717, 1.165) is 38.2 Å². The third-order valence-corrected chi connectivity index (χ3v) is 5.09. The van der Waals surface area contributed by atoms with E-state index in [-0.39, 0.29) is 5.92 Å². The highest BCUT2D eigenvalue weighted by Crippen LogP contribution is 2.32. The normalized spacial score (nSPS) is 20.9. The van der Waals surface area contributed by atoms with Crippen LogP contribution in [0.2, 0.25) is 0 Å². The summed E-state index contributed by atoms with van der Waals surface area (Å²) in [4.78, 5) is 13.2. The van der Waals surface area contributed by atoms with Gasteiger partial charge in [0.15, 0.2) is 0 Å². The van der Waals surface area contributed by atoms with Crippen LogP contribution in [0.4, 0.5) is 0 Å². The Morgan fingerprint density at radius 1 is 1.38 bits per heavy atom. The van der Waals surface area contributed by atoms with E-state index in [2.05, 4.69) is 43.0 Å². The zero-order valence-electron chi connectivity index (χ0n) is 14.6. The maximum absolute atomic E-state index is 10.9. The molecule has 1 aliphatic heterocycles. The van der Waals surface area contributed by atoms with Gasteiger partial charge in [0.25, 0.3) is 0 Å². The average Bonchev–Trinajstić information content (AvgIpc) is 2.50. The summed E-state index contributed by atoms with van der Waals surface area (Å²) in [5.74, 6) is 0.614. The van der Waals surface area contributed by atoms with Crippen LogP contribution >= 0.6 is 0 Å². The van der Waals surface area contributed by atoms with Gasteiger partial charge in [-0.05, 0) is 42.0 Å². The lowest BCUT2D eigenvalue weighted by Gasteiger charge is -2.38. The molecule has 4 heteroatoms. The minimum atomic E-state index is -0.669. The first kappa shape index (κ1) is 17.0. The average molecular weight is 329 g/mol. The molecule has 1 heterocycles. The molecule has 1 aromatic carbocycles. The van der Waals surface area contributed by atoms with E-state index in [0.29, 0.717) is 19.0 Å². The standard InChI is InChI=1S/C20H27NO3/c1-3-4-7-24-19-6-5-15-9-17(14(2)8-16(15)10-19)11-21-12-18(13-21)20(22)23/h5-6,9-10,14,18H,3-4,7-8,11-13H2,1-2H3,(H,22,23). The maximum atomic E-state index is 10.9. The number of carbonyl (C=O) groups is 1. The Morgan fingerprint density at radius 2 is 2.17 bits per heavy atom. The van der Waals surface area contributed by atoms with Gasteiger partial charge in [-0.3, -0.25) is 9.69 Å². The summed E-state index contributed by atoms with van der Waals surface area (Å²) >= 11 is 0. The number of unbranched alkanes of at least 4 members (excludes halogenated alkanes) is 1. The predicted octanol–water partition coefficient (Wildman–Crippen LogP) is 3.46. The maximum Gasteiger partial charge on any atom is 0.309 e. The molecular weight excluding hydrogens is 302 g/mol.